The van der Waals surface area contributed by atoms with Crippen LogP contribution in [0.4, 0.5) is 0 Å². The van der Waals surface area contributed by atoms with Gasteiger partial charge in [0.15, 0.2) is 5.96 Å². The van der Waals surface area contributed by atoms with Crippen LogP contribution in [0.15, 0.2) is 53.7 Å². The lowest BCUT2D eigenvalue weighted by atomic mass is 10.1. The van der Waals surface area contributed by atoms with Crippen molar-refractivity contribution in [2.75, 3.05) is 13.1 Å². The van der Waals surface area contributed by atoms with Crippen molar-refractivity contribution in [3.8, 4) is 6.07 Å². The monoisotopic (exact) mass is 359 g/mol. The molecule has 5 nitrogen and oxygen atoms in total. The minimum Gasteiger partial charge on any atom is -0.361 e. The van der Waals surface area contributed by atoms with E-state index in [0.717, 1.165) is 31.0 Å². The second kappa shape index (κ2) is 8.91. The molecule has 0 fully saturated rings. The van der Waals surface area contributed by atoms with Gasteiger partial charge >= 0.3 is 0 Å². The Kier molecular flexibility index (Phi) is 6.11. The van der Waals surface area contributed by atoms with E-state index in [1.165, 1.54) is 22.0 Å². The number of hydrogen-bond acceptors (Lipinski definition) is 2. The van der Waals surface area contributed by atoms with E-state index in [-0.39, 0.29) is 0 Å². The van der Waals surface area contributed by atoms with Crippen LogP contribution in [-0.4, -0.2) is 24.0 Å². The molecule has 138 valence electrons. The highest BCUT2D eigenvalue weighted by Crippen LogP contribution is 2.22. The molecule has 1 aromatic heterocycles. The molecule has 5 heteroatoms. The largest absolute Gasteiger partial charge is 0.361 e. The van der Waals surface area contributed by atoms with Crippen molar-refractivity contribution in [2.24, 2.45) is 4.99 Å². The van der Waals surface area contributed by atoms with Gasteiger partial charge in [-0.15, -0.1) is 0 Å². The van der Waals surface area contributed by atoms with Crippen molar-refractivity contribution in [1.29, 1.82) is 5.26 Å². The fraction of sp³-hybridized carbons (Fsp3) is 0.273. The van der Waals surface area contributed by atoms with Gasteiger partial charge in [0.2, 0.25) is 0 Å². The number of H-pyrrole nitrogens is 1. The molecule has 0 aliphatic carbocycles. The molecule has 0 aliphatic heterocycles. The third kappa shape index (κ3) is 4.68. The number of benzene rings is 2. The van der Waals surface area contributed by atoms with Gasteiger partial charge in [-0.3, -0.25) is 0 Å². The number of rotatable bonds is 6. The lowest BCUT2D eigenvalue weighted by Crippen LogP contribution is -2.38. The topological polar surface area (TPSA) is 76.0 Å². The smallest absolute Gasteiger partial charge is 0.191 e. The molecule has 3 aromatic rings. The number of aryl methyl sites for hydroxylation is 1. The highest BCUT2D eigenvalue weighted by atomic mass is 15.2. The molecule has 0 saturated carbocycles. The van der Waals surface area contributed by atoms with Crippen LogP contribution < -0.4 is 10.6 Å². The summed E-state index contributed by atoms with van der Waals surface area (Å²) in [5, 5.41) is 17.0. The number of aromatic amines is 1. The molecule has 0 atom stereocenters. The van der Waals surface area contributed by atoms with Crippen molar-refractivity contribution in [1.82, 2.24) is 15.6 Å². The lowest BCUT2D eigenvalue weighted by molar-refractivity contribution is 0.801. The fourth-order valence-electron chi connectivity index (χ4n) is 3.22. The summed E-state index contributed by atoms with van der Waals surface area (Å²) in [7, 11) is 0. The van der Waals surface area contributed by atoms with Crippen LogP contribution in [-0.2, 0) is 13.0 Å². The molecule has 3 N–H and O–H groups in total. The first-order valence-electron chi connectivity index (χ1n) is 9.28. The summed E-state index contributed by atoms with van der Waals surface area (Å²) in [5.41, 5.74) is 5.48. The van der Waals surface area contributed by atoms with Crippen molar-refractivity contribution in [3.05, 3.63) is 70.9 Å². The second-order valence-corrected chi connectivity index (χ2v) is 6.50. The van der Waals surface area contributed by atoms with E-state index in [1.54, 1.807) is 6.07 Å². The van der Waals surface area contributed by atoms with Crippen LogP contribution in [0.2, 0.25) is 0 Å². The molecule has 2 aromatic carbocycles. The third-order valence-electron chi connectivity index (χ3n) is 4.50. The third-order valence-corrected chi connectivity index (χ3v) is 4.50. The standard InChI is InChI=1S/C22H25N5/c1-3-24-22(27-14-18-8-5-7-17(12-18)13-23)25-11-10-19-15-26-20-9-4-6-16(2)21(19)20/h4-9,12,15,26H,3,10-11,14H2,1-2H3,(H2,24,25,27). The number of guanidine groups is 1. The summed E-state index contributed by atoms with van der Waals surface area (Å²) in [6, 6.07) is 16.1. The minimum absolute atomic E-state index is 0.539. The van der Waals surface area contributed by atoms with Gasteiger partial charge < -0.3 is 15.6 Å². The van der Waals surface area contributed by atoms with Gasteiger partial charge in [-0.05, 0) is 55.2 Å². The summed E-state index contributed by atoms with van der Waals surface area (Å²) in [5.74, 6) is 0.788. The Morgan fingerprint density at radius 2 is 2.04 bits per heavy atom. The number of hydrogen-bond donors (Lipinski definition) is 3. The molecule has 0 spiro atoms. The molecule has 0 unspecified atom stereocenters. The normalized spacial score (nSPS) is 11.4. The van der Waals surface area contributed by atoms with Crippen molar-refractivity contribution >= 4 is 16.9 Å². The van der Waals surface area contributed by atoms with Crippen molar-refractivity contribution in [2.45, 2.75) is 26.8 Å². The second-order valence-electron chi connectivity index (χ2n) is 6.50. The number of nitrogens with one attached hydrogen (secondary N) is 3. The predicted molar refractivity (Wildman–Crippen MR) is 111 cm³/mol. The molecule has 27 heavy (non-hydrogen) atoms. The van der Waals surface area contributed by atoms with E-state index >= 15 is 0 Å². The zero-order valence-electron chi connectivity index (χ0n) is 15.8. The SMILES string of the molecule is CCNC(=NCc1cccc(C#N)c1)NCCc1c[nH]c2cccc(C)c12. The zero-order chi connectivity index (χ0) is 19.1. The molecule has 0 saturated heterocycles. The van der Waals surface area contributed by atoms with Crippen LogP contribution in [0.5, 0.6) is 0 Å². The van der Waals surface area contributed by atoms with Gasteiger partial charge in [0.1, 0.15) is 0 Å². The van der Waals surface area contributed by atoms with Crippen LogP contribution in [0.3, 0.4) is 0 Å². The van der Waals surface area contributed by atoms with Gasteiger partial charge in [-0.2, -0.15) is 5.26 Å². The lowest BCUT2D eigenvalue weighted by Gasteiger charge is -2.11. The number of fused-ring (bicyclic) bond motifs is 1. The quantitative estimate of drug-likeness (QED) is 0.464. The Morgan fingerprint density at radius 3 is 2.85 bits per heavy atom. The summed E-state index contributed by atoms with van der Waals surface area (Å²) in [6.07, 6.45) is 3.01. The highest BCUT2D eigenvalue weighted by molar-refractivity contribution is 5.86. The van der Waals surface area contributed by atoms with E-state index in [1.807, 2.05) is 18.2 Å². The average Bonchev–Trinajstić information content (AvgIpc) is 3.11. The number of nitrogens with zero attached hydrogens (tertiary/aromatic N) is 2. The molecule has 0 aliphatic rings. The molecule has 3 rings (SSSR count). The first-order valence-corrected chi connectivity index (χ1v) is 9.28. The maximum absolute atomic E-state index is 9.01. The van der Waals surface area contributed by atoms with Gasteiger partial charge in [0.25, 0.3) is 0 Å². The van der Waals surface area contributed by atoms with E-state index in [4.69, 9.17) is 5.26 Å². The Bertz CT molecular complexity index is 978. The maximum Gasteiger partial charge on any atom is 0.191 e. The summed E-state index contributed by atoms with van der Waals surface area (Å²) >= 11 is 0. The molecular weight excluding hydrogens is 334 g/mol. The molecule has 0 radical (unpaired) electrons. The fourth-order valence-corrected chi connectivity index (χ4v) is 3.22. The molecule has 0 bridgehead atoms. The van der Waals surface area contributed by atoms with Crippen molar-refractivity contribution in [3.63, 3.8) is 0 Å². The molecule has 1 heterocycles. The average molecular weight is 359 g/mol. The molecular formula is C22H25N5. The summed E-state index contributed by atoms with van der Waals surface area (Å²) in [4.78, 5) is 7.98. The number of aliphatic imine (C=N–C) groups is 1. The first-order chi connectivity index (χ1) is 13.2. The van der Waals surface area contributed by atoms with Crippen molar-refractivity contribution < 1.29 is 0 Å². The predicted octanol–water partition coefficient (Wildman–Crippen LogP) is 3.65. The Hall–Kier alpha value is -3.26. The van der Waals surface area contributed by atoms with Gasteiger partial charge in [0.05, 0.1) is 18.2 Å². The number of nitriles is 1. The summed E-state index contributed by atoms with van der Waals surface area (Å²) < 4.78 is 0. The Morgan fingerprint density at radius 1 is 1.19 bits per heavy atom. The highest BCUT2D eigenvalue weighted by Gasteiger charge is 2.06. The van der Waals surface area contributed by atoms with Crippen LogP contribution in [0.25, 0.3) is 10.9 Å². The van der Waals surface area contributed by atoms with Crippen LogP contribution in [0.1, 0.15) is 29.2 Å². The van der Waals surface area contributed by atoms with Crippen LogP contribution in [0, 0.1) is 18.3 Å². The zero-order valence-corrected chi connectivity index (χ0v) is 15.8. The number of aromatic nitrogens is 1. The molecule has 0 amide bonds. The first kappa shape index (κ1) is 18.5. The summed E-state index contributed by atoms with van der Waals surface area (Å²) in [6.45, 7) is 6.34. The maximum atomic E-state index is 9.01. The van der Waals surface area contributed by atoms with E-state index < -0.39 is 0 Å². The minimum atomic E-state index is 0.539. The Labute approximate surface area is 160 Å². The van der Waals surface area contributed by atoms with Gasteiger partial charge in [-0.25, -0.2) is 4.99 Å². The Balaban J connectivity index is 1.63. The van der Waals surface area contributed by atoms with Gasteiger partial charge in [0, 0.05) is 30.2 Å². The van der Waals surface area contributed by atoms with E-state index in [9.17, 15) is 0 Å². The van der Waals surface area contributed by atoms with E-state index in [2.05, 4.69) is 64.9 Å². The van der Waals surface area contributed by atoms with Gasteiger partial charge in [-0.1, -0.05) is 24.3 Å². The van der Waals surface area contributed by atoms with E-state index in [0.29, 0.717) is 12.1 Å². The van der Waals surface area contributed by atoms with Crippen LogP contribution >= 0.6 is 0 Å².